The van der Waals surface area contributed by atoms with E-state index in [0.717, 1.165) is 75.9 Å². The van der Waals surface area contributed by atoms with Crippen LogP contribution in [0.15, 0.2) is 59.6 Å². The van der Waals surface area contributed by atoms with Gasteiger partial charge in [-0.3, -0.25) is 9.79 Å². The first kappa shape index (κ1) is 28.1. The normalized spacial score (nSPS) is 25.5. The smallest absolute Gasteiger partial charge is 0.258 e. The quantitative estimate of drug-likeness (QED) is 0.220. The van der Waals surface area contributed by atoms with Crippen molar-refractivity contribution in [2.45, 2.75) is 90.4 Å². The predicted molar refractivity (Wildman–Crippen MR) is 182 cm³/mol. The number of aliphatic imine (C=N–C) groups is 1. The Balaban J connectivity index is 1.07. The molecule has 5 aliphatic carbocycles. The third-order valence-electron chi connectivity index (χ3n) is 11.2. The first-order valence-electron chi connectivity index (χ1n) is 16.7. The van der Waals surface area contributed by atoms with E-state index in [1.165, 1.54) is 60.9 Å². The van der Waals surface area contributed by atoms with Gasteiger partial charge in [-0.25, -0.2) is 0 Å². The summed E-state index contributed by atoms with van der Waals surface area (Å²) < 4.78 is 2.28. The van der Waals surface area contributed by atoms with Gasteiger partial charge in [-0.1, -0.05) is 29.8 Å². The lowest BCUT2D eigenvalue weighted by atomic mass is 9.48. The number of thiophene rings is 1. The van der Waals surface area contributed by atoms with E-state index in [-0.39, 0.29) is 5.91 Å². The third kappa shape index (κ3) is 4.88. The van der Waals surface area contributed by atoms with Crippen molar-refractivity contribution in [2.24, 2.45) is 22.7 Å². The Hall–Kier alpha value is -3.44. The van der Waals surface area contributed by atoms with Crippen molar-refractivity contribution < 1.29 is 4.79 Å². The van der Waals surface area contributed by atoms with Gasteiger partial charge in [0.15, 0.2) is 0 Å². The van der Waals surface area contributed by atoms with Crippen LogP contribution in [0.25, 0.3) is 5.00 Å². The molecule has 4 bridgehead atoms. The number of rotatable bonds is 6. The fraction of sp³-hybridized carbons (Fsp3) is 0.436. The number of nitrogens with zero attached hydrogens (tertiary/aromatic N) is 2. The highest BCUT2D eigenvalue weighted by Gasteiger charge is 2.51. The molecule has 1 N–H and O–H groups in total. The number of nitrogens with one attached hydrogen (secondary N) is 1. The number of hydrogen-bond donors (Lipinski definition) is 1. The molecule has 44 heavy (non-hydrogen) atoms. The topological polar surface area (TPSA) is 46.4 Å². The van der Waals surface area contributed by atoms with Crippen LogP contribution in [0.1, 0.15) is 100 Å². The summed E-state index contributed by atoms with van der Waals surface area (Å²) in [4.78, 5) is 20.2. The van der Waals surface area contributed by atoms with Gasteiger partial charge in [0, 0.05) is 33.7 Å². The van der Waals surface area contributed by atoms with Crippen LogP contribution < -0.4 is 5.32 Å². The van der Waals surface area contributed by atoms with Crippen LogP contribution in [0.5, 0.6) is 0 Å². The molecule has 1 amide bonds. The van der Waals surface area contributed by atoms with E-state index in [2.05, 4.69) is 61.0 Å². The summed E-state index contributed by atoms with van der Waals surface area (Å²) in [7, 11) is 0. The second-order valence-corrected chi connectivity index (χ2v) is 15.5. The second kappa shape index (κ2) is 10.9. The molecular weight excluding hydrogens is 559 g/mol. The number of aryl methyl sites for hydroxylation is 3. The Bertz CT molecular complexity index is 1720. The van der Waals surface area contributed by atoms with Crippen LogP contribution in [0.4, 0.5) is 11.4 Å². The van der Waals surface area contributed by atoms with Gasteiger partial charge in [-0.2, -0.15) is 0 Å². The van der Waals surface area contributed by atoms with Crippen molar-refractivity contribution in [2.75, 3.05) is 5.32 Å². The standard InChI is InChI=1S/C39H43N3OS/c1-24-8-12-33(13-9-24)41-37(43)36-34-6-4-5-7-35(34)44-38(36)42-25(2)16-30(26(42)3)23-40-32-14-10-31(11-15-32)39-20-27-17-28(21-39)19-29(18-27)22-39/h8-16,23,27-29H,4-7,17-22H2,1-3H3,(H,41,43). The molecule has 0 atom stereocenters. The highest BCUT2D eigenvalue weighted by atomic mass is 32.1. The van der Waals surface area contributed by atoms with Crippen molar-refractivity contribution in [3.8, 4) is 5.00 Å². The van der Waals surface area contributed by atoms with Gasteiger partial charge in [0.1, 0.15) is 5.00 Å². The van der Waals surface area contributed by atoms with E-state index in [9.17, 15) is 4.79 Å². The predicted octanol–water partition coefficient (Wildman–Crippen LogP) is 9.81. The molecule has 0 radical (unpaired) electrons. The molecule has 5 aliphatic rings. The lowest BCUT2D eigenvalue weighted by Gasteiger charge is -2.57. The van der Waals surface area contributed by atoms with Crippen LogP contribution in [-0.2, 0) is 18.3 Å². The SMILES string of the molecule is Cc1ccc(NC(=O)c2c(-n3c(C)cc(C=Nc4ccc(C56CC7CC(CC(C7)C5)C6)cc4)c3C)sc3c2CCCC3)cc1. The molecule has 0 saturated heterocycles. The van der Waals surface area contributed by atoms with E-state index >= 15 is 0 Å². The van der Waals surface area contributed by atoms with E-state index < -0.39 is 0 Å². The van der Waals surface area contributed by atoms with Crippen LogP contribution in [0, 0.1) is 38.5 Å². The third-order valence-corrected chi connectivity index (χ3v) is 12.5. The minimum atomic E-state index is -0.00918. The van der Waals surface area contributed by atoms with E-state index in [1.54, 1.807) is 16.9 Å². The summed E-state index contributed by atoms with van der Waals surface area (Å²) in [6.07, 6.45) is 15.0. The number of anilines is 1. The number of benzene rings is 2. The molecular formula is C39H43N3OS. The lowest BCUT2D eigenvalue weighted by molar-refractivity contribution is -0.00518. The van der Waals surface area contributed by atoms with Crippen LogP contribution >= 0.6 is 11.3 Å². The number of hydrogen-bond acceptors (Lipinski definition) is 3. The zero-order valence-corrected chi connectivity index (χ0v) is 27.1. The Morgan fingerprint density at radius 2 is 1.57 bits per heavy atom. The second-order valence-electron chi connectivity index (χ2n) is 14.4. The summed E-state index contributed by atoms with van der Waals surface area (Å²) >= 11 is 1.79. The van der Waals surface area contributed by atoms with E-state index in [4.69, 9.17) is 4.99 Å². The minimum absolute atomic E-state index is 0.00918. The molecule has 5 heteroatoms. The summed E-state index contributed by atoms with van der Waals surface area (Å²) in [5.74, 6) is 2.86. The lowest BCUT2D eigenvalue weighted by Crippen LogP contribution is -2.48. The molecule has 9 rings (SSSR count). The maximum Gasteiger partial charge on any atom is 0.258 e. The molecule has 2 aromatic heterocycles. The van der Waals surface area contributed by atoms with Crippen molar-refractivity contribution in [3.63, 3.8) is 0 Å². The average molecular weight is 602 g/mol. The fourth-order valence-electron chi connectivity index (χ4n) is 9.51. The first-order chi connectivity index (χ1) is 21.3. The van der Waals surface area contributed by atoms with Gasteiger partial charge >= 0.3 is 0 Å². The molecule has 2 aromatic carbocycles. The number of aromatic nitrogens is 1. The molecule has 4 saturated carbocycles. The maximum absolute atomic E-state index is 13.9. The first-order valence-corrected chi connectivity index (χ1v) is 17.5. The summed E-state index contributed by atoms with van der Waals surface area (Å²) in [5.41, 5.74) is 10.4. The van der Waals surface area contributed by atoms with Gasteiger partial charge in [0.05, 0.1) is 11.3 Å². The molecule has 0 spiro atoms. The van der Waals surface area contributed by atoms with Gasteiger partial charge in [-0.05, 0) is 150 Å². The monoisotopic (exact) mass is 601 g/mol. The Labute approximate surface area is 265 Å². The minimum Gasteiger partial charge on any atom is -0.322 e. The van der Waals surface area contributed by atoms with E-state index in [1.807, 2.05) is 30.5 Å². The Morgan fingerprint density at radius 3 is 2.25 bits per heavy atom. The van der Waals surface area contributed by atoms with Crippen molar-refractivity contribution >= 4 is 34.8 Å². The van der Waals surface area contributed by atoms with Gasteiger partial charge in [0.2, 0.25) is 0 Å². The average Bonchev–Trinajstić information content (AvgIpc) is 3.52. The maximum atomic E-state index is 13.9. The molecule has 4 aromatic rings. The molecule has 4 fully saturated rings. The zero-order chi connectivity index (χ0) is 30.0. The molecule has 0 unspecified atom stereocenters. The summed E-state index contributed by atoms with van der Waals surface area (Å²) in [6, 6.07) is 19.5. The van der Waals surface area contributed by atoms with Crippen LogP contribution in [0.2, 0.25) is 0 Å². The van der Waals surface area contributed by atoms with Crippen LogP contribution in [-0.4, -0.2) is 16.7 Å². The summed E-state index contributed by atoms with van der Waals surface area (Å²) in [6.45, 7) is 6.37. The highest BCUT2D eigenvalue weighted by Crippen LogP contribution is 2.60. The Morgan fingerprint density at radius 1 is 0.909 bits per heavy atom. The number of carbonyl (C=O) groups is 1. The molecule has 226 valence electrons. The number of fused-ring (bicyclic) bond motifs is 1. The zero-order valence-electron chi connectivity index (χ0n) is 26.3. The fourth-order valence-corrected chi connectivity index (χ4v) is 11.0. The molecule has 4 nitrogen and oxygen atoms in total. The number of amides is 1. The van der Waals surface area contributed by atoms with Gasteiger partial charge in [0.25, 0.3) is 5.91 Å². The van der Waals surface area contributed by atoms with Gasteiger partial charge in [-0.15, -0.1) is 11.3 Å². The van der Waals surface area contributed by atoms with Crippen LogP contribution in [0.3, 0.4) is 0 Å². The molecule has 2 heterocycles. The van der Waals surface area contributed by atoms with Crippen molar-refractivity contribution in [3.05, 3.63) is 98.7 Å². The van der Waals surface area contributed by atoms with Crippen molar-refractivity contribution in [1.82, 2.24) is 4.57 Å². The van der Waals surface area contributed by atoms with E-state index in [0.29, 0.717) is 5.41 Å². The Kier molecular flexibility index (Phi) is 6.93. The molecule has 0 aliphatic heterocycles. The largest absolute Gasteiger partial charge is 0.322 e. The van der Waals surface area contributed by atoms with Gasteiger partial charge < -0.3 is 9.88 Å². The van der Waals surface area contributed by atoms with Crippen molar-refractivity contribution in [1.29, 1.82) is 0 Å². The highest BCUT2D eigenvalue weighted by molar-refractivity contribution is 7.15. The number of carbonyl (C=O) groups excluding carboxylic acids is 1. The summed E-state index contributed by atoms with van der Waals surface area (Å²) in [5, 5.41) is 4.24.